The number of nitrogens with zero attached hydrogens (tertiary/aromatic N) is 2. The summed E-state index contributed by atoms with van der Waals surface area (Å²) in [7, 11) is 2.94. The standard InChI is InChI=1S/C13H12N2O3/c1-17-10-8-11(18-2)15-13(14-10)12(16)9-6-4-3-5-7-9/h3-8H,1-2H3. The van der Waals surface area contributed by atoms with Crippen molar-refractivity contribution in [3.05, 3.63) is 47.8 Å². The molecule has 5 heteroatoms. The number of carbonyl (C=O) groups is 1. The van der Waals surface area contributed by atoms with E-state index in [4.69, 9.17) is 9.47 Å². The van der Waals surface area contributed by atoms with Crippen LogP contribution in [-0.4, -0.2) is 30.0 Å². The molecule has 0 saturated carbocycles. The van der Waals surface area contributed by atoms with Crippen molar-refractivity contribution in [3.8, 4) is 11.8 Å². The Balaban J connectivity index is 2.41. The lowest BCUT2D eigenvalue weighted by Gasteiger charge is -2.05. The zero-order valence-electron chi connectivity index (χ0n) is 10.1. The van der Waals surface area contributed by atoms with Crippen LogP contribution in [0.25, 0.3) is 0 Å². The highest BCUT2D eigenvalue weighted by Gasteiger charge is 2.15. The Morgan fingerprint density at radius 3 is 2.06 bits per heavy atom. The number of carbonyl (C=O) groups excluding carboxylic acids is 1. The first-order valence-electron chi connectivity index (χ1n) is 5.31. The van der Waals surface area contributed by atoms with Gasteiger partial charge in [-0.25, -0.2) is 0 Å². The normalized spacial score (nSPS) is 9.89. The topological polar surface area (TPSA) is 61.3 Å². The van der Waals surface area contributed by atoms with Crippen LogP contribution in [0.15, 0.2) is 36.4 Å². The molecule has 0 amide bonds. The zero-order valence-corrected chi connectivity index (χ0v) is 10.1. The Hall–Kier alpha value is -2.43. The average Bonchev–Trinajstić information content (AvgIpc) is 2.46. The van der Waals surface area contributed by atoms with Crippen molar-refractivity contribution in [1.29, 1.82) is 0 Å². The van der Waals surface area contributed by atoms with Crippen molar-refractivity contribution >= 4 is 5.78 Å². The van der Waals surface area contributed by atoms with Crippen molar-refractivity contribution in [2.24, 2.45) is 0 Å². The monoisotopic (exact) mass is 244 g/mol. The maximum atomic E-state index is 12.1. The van der Waals surface area contributed by atoms with Gasteiger partial charge in [-0.15, -0.1) is 0 Å². The van der Waals surface area contributed by atoms with Gasteiger partial charge >= 0.3 is 0 Å². The molecule has 0 radical (unpaired) electrons. The van der Waals surface area contributed by atoms with Crippen LogP contribution in [0.4, 0.5) is 0 Å². The van der Waals surface area contributed by atoms with Gasteiger partial charge in [0.15, 0.2) is 0 Å². The van der Waals surface area contributed by atoms with Crippen LogP contribution >= 0.6 is 0 Å². The van der Waals surface area contributed by atoms with Gasteiger partial charge in [0.05, 0.1) is 20.3 Å². The molecule has 5 nitrogen and oxygen atoms in total. The molecule has 0 aliphatic carbocycles. The molecule has 1 heterocycles. The van der Waals surface area contributed by atoms with Gasteiger partial charge in [-0.1, -0.05) is 30.3 Å². The number of methoxy groups -OCH3 is 2. The van der Waals surface area contributed by atoms with Gasteiger partial charge in [0.25, 0.3) is 0 Å². The van der Waals surface area contributed by atoms with Crippen LogP contribution in [0.1, 0.15) is 16.2 Å². The molecular formula is C13H12N2O3. The molecule has 2 aromatic rings. The van der Waals surface area contributed by atoms with Gasteiger partial charge in [0, 0.05) is 5.56 Å². The van der Waals surface area contributed by atoms with Crippen molar-refractivity contribution in [2.75, 3.05) is 14.2 Å². The summed E-state index contributed by atoms with van der Waals surface area (Å²) in [4.78, 5) is 20.2. The molecule has 18 heavy (non-hydrogen) atoms. The van der Waals surface area contributed by atoms with Crippen molar-refractivity contribution in [2.45, 2.75) is 0 Å². The minimum absolute atomic E-state index is 0.0531. The summed E-state index contributed by atoms with van der Waals surface area (Å²) < 4.78 is 10.0. The van der Waals surface area contributed by atoms with Gasteiger partial charge < -0.3 is 9.47 Å². The number of ether oxygens (including phenoxy) is 2. The van der Waals surface area contributed by atoms with E-state index in [9.17, 15) is 4.79 Å². The molecule has 92 valence electrons. The predicted molar refractivity (Wildman–Crippen MR) is 65.0 cm³/mol. The minimum Gasteiger partial charge on any atom is -0.481 e. The molecular weight excluding hydrogens is 232 g/mol. The number of benzene rings is 1. The number of rotatable bonds is 4. The lowest BCUT2D eigenvalue weighted by atomic mass is 10.1. The largest absolute Gasteiger partial charge is 0.481 e. The SMILES string of the molecule is COc1cc(OC)nc(C(=O)c2ccccc2)n1. The van der Waals surface area contributed by atoms with E-state index in [2.05, 4.69) is 9.97 Å². The third kappa shape index (κ3) is 2.45. The van der Waals surface area contributed by atoms with Crippen molar-refractivity contribution in [1.82, 2.24) is 9.97 Å². The number of hydrogen-bond donors (Lipinski definition) is 0. The van der Waals surface area contributed by atoms with Crippen LogP contribution in [0.2, 0.25) is 0 Å². The molecule has 0 aliphatic rings. The summed E-state index contributed by atoms with van der Waals surface area (Å²) in [6, 6.07) is 10.3. The molecule has 2 rings (SSSR count). The number of aromatic nitrogens is 2. The summed E-state index contributed by atoms with van der Waals surface area (Å²) in [6.07, 6.45) is 0. The molecule has 0 fully saturated rings. The van der Waals surface area contributed by atoms with E-state index in [0.717, 1.165) is 0 Å². The quantitative estimate of drug-likeness (QED) is 0.766. The van der Waals surface area contributed by atoms with Crippen LogP contribution in [0, 0.1) is 0 Å². The summed E-state index contributed by atoms with van der Waals surface area (Å²) in [5, 5.41) is 0. The molecule has 1 aromatic heterocycles. The fraction of sp³-hybridized carbons (Fsp3) is 0.154. The Kier molecular flexibility index (Phi) is 3.52. The highest BCUT2D eigenvalue weighted by Crippen LogP contribution is 2.16. The van der Waals surface area contributed by atoms with Gasteiger partial charge in [0.1, 0.15) is 0 Å². The van der Waals surface area contributed by atoms with Crippen molar-refractivity contribution in [3.63, 3.8) is 0 Å². The van der Waals surface area contributed by atoms with E-state index in [1.54, 1.807) is 24.3 Å². The lowest BCUT2D eigenvalue weighted by molar-refractivity contribution is 0.102. The second-order valence-electron chi connectivity index (χ2n) is 3.47. The first kappa shape index (κ1) is 12.0. The van der Waals surface area contributed by atoms with Crippen LogP contribution in [0.3, 0.4) is 0 Å². The highest BCUT2D eigenvalue weighted by atomic mass is 16.5. The average molecular weight is 244 g/mol. The molecule has 0 spiro atoms. The van der Waals surface area contributed by atoms with E-state index in [-0.39, 0.29) is 11.6 Å². The first-order valence-corrected chi connectivity index (χ1v) is 5.31. The Morgan fingerprint density at radius 1 is 1.00 bits per heavy atom. The van der Waals surface area contributed by atoms with Crippen molar-refractivity contribution < 1.29 is 14.3 Å². The summed E-state index contributed by atoms with van der Waals surface area (Å²) in [5.41, 5.74) is 0.521. The van der Waals surface area contributed by atoms with E-state index in [0.29, 0.717) is 17.3 Å². The van der Waals surface area contributed by atoms with E-state index in [1.807, 2.05) is 6.07 Å². The lowest BCUT2D eigenvalue weighted by Crippen LogP contribution is -2.08. The third-order valence-corrected chi connectivity index (χ3v) is 2.34. The van der Waals surface area contributed by atoms with Crippen LogP contribution < -0.4 is 9.47 Å². The highest BCUT2D eigenvalue weighted by molar-refractivity contribution is 6.06. The fourth-order valence-electron chi connectivity index (χ4n) is 1.43. The fourth-order valence-corrected chi connectivity index (χ4v) is 1.43. The third-order valence-electron chi connectivity index (χ3n) is 2.34. The summed E-state index contributed by atoms with van der Waals surface area (Å²) >= 11 is 0. The predicted octanol–water partition coefficient (Wildman–Crippen LogP) is 1.72. The van der Waals surface area contributed by atoms with E-state index >= 15 is 0 Å². The minimum atomic E-state index is -0.271. The molecule has 1 aromatic carbocycles. The Bertz CT molecular complexity index is 533. The molecule has 0 bridgehead atoms. The Morgan fingerprint density at radius 2 is 1.56 bits per heavy atom. The van der Waals surface area contributed by atoms with Gasteiger partial charge in [-0.2, -0.15) is 9.97 Å². The maximum absolute atomic E-state index is 12.1. The molecule has 0 unspecified atom stereocenters. The number of hydrogen-bond acceptors (Lipinski definition) is 5. The maximum Gasteiger partial charge on any atom is 0.230 e. The first-order chi connectivity index (χ1) is 8.74. The Labute approximate surface area is 104 Å². The zero-order chi connectivity index (χ0) is 13.0. The van der Waals surface area contributed by atoms with Crippen LogP contribution in [0.5, 0.6) is 11.8 Å². The molecule has 0 N–H and O–H groups in total. The molecule has 0 aliphatic heterocycles. The van der Waals surface area contributed by atoms with Crippen LogP contribution in [-0.2, 0) is 0 Å². The van der Waals surface area contributed by atoms with Gasteiger partial charge in [0.2, 0.25) is 23.4 Å². The van der Waals surface area contributed by atoms with Gasteiger partial charge in [-0.05, 0) is 0 Å². The summed E-state index contributed by atoms with van der Waals surface area (Å²) in [6.45, 7) is 0. The van der Waals surface area contributed by atoms with E-state index in [1.165, 1.54) is 20.3 Å². The second-order valence-corrected chi connectivity index (χ2v) is 3.47. The summed E-state index contributed by atoms with van der Waals surface area (Å²) in [5.74, 6) is 0.368. The molecule has 0 saturated heterocycles. The molecule has 0 atom stereocenters. The van der Waals surface area contributed by atoms with E-state index < -0.39 is 0 Å². The number of ketones is 1. The second kappa shape index (κ2) is 5.27. The smallest absolute Gasteiger partial charge is 0.230 e. The van der Waals surface area contributed by atoms with Gasteiger partial charge in [-0.3, -0.25) is 4.79 Å².